The van der Waals surface area contributed by atoms with E-state index in [0.29, 0.717) is 11.6 Å². The molecule has 20 heavy (non-hydrogen) atoms. The van der Waals surface area contributed by atoms with E-state index in [1.54, 1.807) is 13.0 Å². The van der Waals surface area contributed by atoms with Gasteiger partial charge in [-0.25, -0.2) is 0 Å². The van der Waals surface area contributed by atoms with Crippen LogP contribution >= 0.6 is 0 Å². The molecule has 1 saturated heterocycles. The van der Waals surface area contributed by atoms with Gasteiger partial charge in [0.05, 0.1) is 4.92 Å². The van der Waals surface area contributed by atoms with Crippen molar-refractivity contribution in [3.05, 3.63) is 45.5 Å². The summed E-state index contributed by atoms with van der Waals surface area (Å²) in [5.74, 6) is 1.59. The first-order valence-corrected chi connectivity index (χ1v) is 7.32. The fourth-order valence-electron chi connectivity index (χ4n) is 3.58. The zero-order valence-electron chi connectivity index (χ0n) is 11.7. The summed E-state index contributed by atoms with van der Waals surface area (Å²) in [5, 5.41) is 14.5. The number of nitrogens with zero attached hydrogens (tertiary/aromatic N) is 1. The predicted octanol–water partition coefficient (Wildman–Crippen LogP) is 3.30. The number of rotatable bonds is 3. The fraction of sp³-hybridized carbons (Fsp3) is 0.500. The Balaban J connectivity index is 1.76. The van der Waals surface area contributed by atoms with Gasteiger partial charge in [-0.05, 0) is 43.7 Å². The number of nitrogens with one attached hydrogen (secondary N) is 1. The lowest BCUT2D eigenvalue weighted by atomic mass is 9.93. The molecule has 1 aromatic carbocycles. The van der Waals surface area contributed by atoms with E-state index in [9.17, 15) is 10.1 Å². The number of benzene rings is 1. The van der Waals surface area contributed by atoms with Crippen molar-refractivity contribution in [3.63, 3.8) is 0 Å². The Hall–Kier alpha value is -1.68. The minimum atomic E-state index is -0.312. The van der Waals surface area contributed by atoms with Crippen LogP contribution in [0.15, 0.2) is 24.3 Å². The molecule has 0 radical (unpaired) electrons. The molecule has 2 aliphatic rings. The summed E-state index contributed by atoms with van der Waals surface area (Å²) in [5.41, 5.74) is 1.82. The third-order valence-corrected chi connectivity index (χ3v) is 4.72. The Labute approximate surface area is 119 Å². The van der Waals surface area contributed by atoms with Crippen LogP contribution < -0.4 is 5.32 Å². The summed E-state index contributed by atoms with van der Waals surface area (Å²) in [4.78, 5) is 10.6. The molecule has 0 amide bonds. The zero-order valence-corrected chi connectivity index (χ0v) is 11.7. The zero-order chi connectivity index (χ0) is 14.1. The van der Waals surface area contributed by atoms with Gasteiger partial charge in [-0.15, -0.1) is 0 Å². The van der Waals surface area contributed by atoms with E-state index in [1.165, 1.54) is 19.3 Å². The smallest absolute Gasteiger partial charge is 0.272 e. The van der Waals surface area contributed by atoms with Gasteiger partial charge in [-0.2, -0.15) is 0 Å². The maximum atomic E-state index is 11.0. The molecule has 3 unspecified atom stereocenters. The molecule has 1 aliphatic carbocycles. The molecule has 0 bridgehead atoms. The lowest BCUT2D eigenvalue weighted by Crippen LogP contribution is -2.23. The summed E-state index contributed by atoms with van der Waals surface area (Å²) in [7, 11) is 0. The van der Waals surface area contributed by atoms with Gasteiger partial charge in [-0.3, -0.25) is 10.1 Å². The van der Waals surface area contributed by atoms with Crippen LogP contribution in [0.3, 0.4) is 0 Å². The second-order valence-electron chi connectivity index (χ2n) is 5.95. The summed E-state index contributed by atoms with van der Waals surface area (Å²) >= 11 is 0. The van der Waals surface area contributed by atoms with Gasteiger partial charge in [0.1, 0.15) is 0 Å². The molecule has 0 aromatic heterocycles. The minimum Gasteiger partial charge on any atom is -0.310 e. The van der Waals surface area contributed by atoms with E-state index in [2.05, 4.69) is 11.4 Å². The molecule has 1 N–H and O–H groups in total. The summed E-state index contributed by atoms with van der Waals surface area (Å²) in [6.45, 7) is 2.89. The highest BCUT2D eigenvalue weighted by atomic mass is 16.6. The first kappa shape index (κ1) is 13.3. The summed E-state index contributed by atoms with van der Waals surface area (Å²) in [6.07, 6.45) is 8.20. The maximum Gasteiger partial charge on any atom is 0.272 e. The van der Waals surface area contributed by atoms with Crippen LogP contribution in [-0.2, 0) is 0 Å². The normalized spacial score (nSPS) is 28.9. The van der Waals surface area contributed by atoms with Crippen LogP contribution in [0.25, 0.3) is 6.08 Å². The molecule has 4 nitrogen and oxygen atoms in total. The molecule has 2 fully saturated rings. The molecular formula is C16H20N2O2. The molecule has 3 atom stereocenters. The first-order chi connectivity index (χ1) is 9.65. The molecule has 4 heteroatoms. The summed E-state index contributed by atoms with van der Waals surface area (Å²) < 4.78 is 0. The van der Waals surface area contributed by atoms with Crippen molar-refractivity contribution >= 4 is 11.8 Å². The standard InChI is InChI=1S/C16H20N2O2/c1-11-5-6-12(9-16(11)18(19)20)7-8-15-14-4-2-3-13(14)10-17-15/h5-9,13-15,17H,2-4,10H2,1H3/b8-7+. The summed E-state index contributed by atoms with van der Waals surface area (Å²) in [6, 6.07) is 5.85. The quantitative estimate of drug-likeness (QED) is 0.678. The monoisotopic (exact) mass is 272 g/mol. The number of nitro groups is 1. The Bertz CT molecular complexity index is 553. The van der Waals surface area contributed by atoms with E-state index in [0.717, 1.165) is 23.9 Å². The minimum absolute atomic E-state index is 0.199. The Morgan fingerprint density at radius 1 is 1.40 bits per heavy atom. The van der Waals surface area contributed by atoms with Gasteiger partial charge in [0.25, 0.3) is 5.69 Å². The van der Waals surface area contributed by atoms with Crippen LogP contribution in [0.1, 0.15) is 30.4 Å². The largest absolute Gasteiger partial charge is 0.310 e. The van der Waals surface area contributed by atoms with Crippen molar-refractivity contribution in [2.24, 2.45) is 11.8 Å². The van der Waals surface area contributed by atoms with Crippen molar-refractivity contribution in [2.75, 3.05) is 6.54 Å². The van der Waals surface area contributed by atoms with Crippen LogP contribution in [0, 0.1) is 28.9 Å². The SMILES string of the molecule is Cc1ccc(/C=C/C2NCC3CCCC32)cc1[N+](=O)[O-]. The van der Waals surface area contributed by atoms with Gasteiger partial charge in [0.2, 0.25) is 0 Å². The number of fused-ring (bicyclic) bond motifs is 1. The first-order valence-electron chi connectivity index (χ1n) is 7.32. The number of aryl methyl sites for hydroxylation is 1. The van der Waals surface area contributed by atoms with Crippen LogP contribution in [-0.4, -0.2) is 17.5 Å². The Morgan fingerprint density at radius 3 is 3.05 bits per heavy atom. The van der Waals surface area contributed by atoms with Crippen molar-refractivity contribution in [2.45, 2.75) is 32.2 Å². The Morgan fingerprint density at radius 2 is 2.25 bits per heavy atom. The molecule has 1 aliphatic heterocycles. The van der Waals surface area contributed by atoms with Crippen molar-refractivity contribution in [1.29, 1.82) is 0 Å². The molecule has 1 heterocycles. The molecule has 0 spiro atoms. The number of hydrogen-bond acceptors (Lipinski definition) is 3. The van der Waals surface area contributed by atoms with Gasteiger partial charge < -0.3 is 5.32 Å². The molecule has 3 rings (SSSR count). The molecule has 106 valence electrons. The van der Waals surface area contributed by atoms with Gasteiger partial charge in [-0.1, -0.05) is 30.7 Å². The highest BCUT2D eigenvalue weighted by Gasteiger charge is 2.37. The van der Waals surface area contributed by atoms with Crippen LogP contribution in [0.2, 0.25) is 0 Å². The van der Waals surface area contributed by atoms with Gasteiger partial charge >= 0.3 is 0 Å². The van der Waals surface area contributed by atoms with Gasteiger partial charge in [0.15, 0.2) is 0 Å². The molecular weight excluding hydrogens is 252 g/mol. The fourth-order valence-corrected chi connectivity index (χ4v) is 3.58. The lowest BCUT2D eigenvalue weighted by molar-refractivity contribution is -0.385. The number of hydrogen-bond donors (Lipinski definition) is 1. The van der Waals surface area contributed by atoms with E-state index in [-0.39, 0.29) is 10.6 Å². The predicted molar refractivity (Wildman–Crippen MR) is 79.5 cm³/mol. The van der Waals surface area contributed by atoms with E-state index in [1.807, 2.05) is 18.2 Å². The highest BCUT2D eigenvalue weighted by Crippen LogP contribution is 2.38. The van der Waals surface area contributed by atoms with Crippen LogP contribution in [0.5, 0.6) is 0 Å². The van der Waals surface area contributed by atoms with Crippen LogP contribution in [0.4, 0.5) is 5.69 Å². The molecule has 1 aromatic rings. The lowest BCUT2D eigenvalue weighted by Gasteiger charge is -2.13. The average Bonchev–Trinajstić information content (AvgIpc) is 3.01. The highest BCUT2D eigenvalue weighted by molar-refractivity contribution is 5.56. The average molecular weight is 272 g/mol. The van der Waals surface area contributed by atoms with Crippen molar-refractivity contribution in [3.8, 4) is 0 Å². The van der Waals surface area contributed by atoms with E-state index in [4.69, 9.17) is 0 Å². The van der Waals surface area contributed by atoms with Gasteiger partial charge in [0, 0.05) is 17.7 Å². The topological polar surface area (TPSA) is 55.2 Å². The second kappa shape index (κ2) is 5.37. The van der Waals surface area contributed by atoms with Crippen molar-refractivity contribution < 1.29 is 4.92 Å². The Kier molecular flexibility index (Phi) is 3.57. The molecule has 1 saturated carbocycles. The third-order valence-electron chi connectivity index (χ3n) is 4.72. The second-order valence-corrected chi connectivity index (χ2v) is 5.95. The van der Waals surface area contributed by atoms with E-state index < -0.39 is 0 Å². The third kappa shape index (κ3) is 2.48. The van der Waals surface area contributed by atoms with Crippen molar-refractivity contribution in [1.82, 2.24) is 5.32 Å². The number of nitro benzene ring substituents is 1. The maximum absolute atomic E-state index is 11.0. The van der Waals surface area contributed by atoms with E-state index >= 15 is 0 Å².